The van der Waals surface area contributed by atoms with Gasteiger partial charge < -0.3 is 15.6 Å². The fourth-order valence-corrected chi connectivity index (χ4v) is 5.04. The van der Waals surface area contributed by atoms with Crippen molar-refractivity contribution < 1.29 is 27.4 Å². The third-order valence-corrected chi connectivity index (χ3v) is 7.44. The Kier molecular flexibility index (Phi) is 8.87. The molecule has 3 N–H and O–H groups in total. The molecule has 2 aromatic carbocycles. The maximum atomic E-state index is 15.8. The van der Waals surface area contributed by atoms with E-state index in [0.29, 0.717) is 72.3 Å². The summed E-state index contributed by atoms with van der Waals surface area (Å²) in [6, 6.07) is 6.54. The van der Waals surface area contributed by atoms with Crippen LogP contribution in [0, 0.1) is 34.7 Å². The van der Waals surface area contributed by atoms with Gasteiger partial charge in [0.05, 0.1) is 24.7 Å². The summed E-state index contributed by atoms with van der Waals surface area (Å²) in [5.41, 5.74) is 6.82. The molecule has 202 valence electrons. The van der Waals surface area contributed by atoms with Crippen molar-refractivity contribution in [3.8, 4) is 17.6 Å². The Morgan fingerprint density at radius 2 is 1.87 bits per heavy atom. The van der Waals surface area contributed by atoms with Crippen molar-refractivity contribution in [2.24, 2.45) is 11.1 Å². The number of benzene rings is 2. The smallest absolute Gasteiger partial charge is 0.144 e. The maximum absolute atomic E-state index is 15.8. The molecule has 0 unspecified atom stereocenters. The number of pyridine rings is 1. The van der Waals surface area contributed by atoms with Crippen molar-refractivity contribution in [1.29, 1.82) is 0 Å². The molecule has 5 nitrogen and oxygen atoms in total. The molecule has 1 atom stereocenters. The second-order valence-electron chi connectivity index (χ2n) is 9.77. The lowest BCUT2D eigenvalue weighted by Gasteiger charge is -2.40. The number of methoxy groups -OCH3 is 1. The average Bonchev–Trinajstić information content (AvgIpc) is 2.92. The Morgan fingerprint density at radius 1 is 1.16 bits per heavy atom. The first-order valence-corrected chi connectivity index (χ1v) is 12.6. The van der Waals surface area contributed by atoms with Gasteiger partial charge in [0.25, 0.3) is 0 Å². The first-order chi connectivity index (χ1) is 18.3. The van der Waals surface area contributed by atoms with Crippen LogP contribution in [0.25, 0.3) is 10.9 Å². The number of rotatable bonds is 8. The predicted octanol–water partition coefficient (Wildman–Crippen LogP) is 5.04. The molecule has 0 spiro atoms. The highest BCUT2D eigenvalue weighted by Gasteiger charge is 2.35. The Labute approximate surface area is 219 Å². The van der Waals surface area contributed by atoms with Gasteiger partial charge in [-0.15, -0.1) is 0 Å². The van der Waals surface area contributed by atoms with E-state index in [1.54, 1.807) is 31.5 Å². The number of alkyl halides is 1. The summed E-state index contributed by atoms with van der Waals surface area (Å²) in [5.74, 6) is 2.75. The van der Waals surface area contributed by atoms with Gasteiger partial charge >= 0.3 is 0 Å². The molecule has 2 heterocycles. The maximum Gasteiger partial charge on any atom is 0.144 e. The van der Waals surface area contributed by atoms with Crippen LogP contribution in [0.3, 0.4) is 0 Å². The standard InChI is InChI=1S/C29H31F4N3O2/c1-38-21-4-5-27-23(15-21)28(19(16-34)17-35-27)24(31)6-7-29(18-37)8-11-36(12-9-29)10-2-3-22-25(32)13-20(30)14-26(22)33/h4-5,13-15,17,24,37H,6-12,16,18,34H2,1H3/t24-/m0/s1. The predicted molar refractivity (Wildman–Crippen MR) is 138 cm³/mol. The minimum atomic E-state index is -1.29. The van der Waals surface area contributed by atoms with Gasteiger partial charge in [-0.25, -0.2) is 17.6 Å². The van der Waals surface area contributed by atoms with Crippen molar-refractivity contribution in [3.63, 3.8) is 0 Å². The number of fused-ring (bicyclic) bond motifs is 1. The van der Waals surface area contributed by atoms with Crippen molar-refractivity contribution in [1.82, 2.24) is 9.88 Å². The zero-order valence-corrected chi connectivity index (χ0v) is 21.2. The molecule has 4 rings (SSSR count). The van der Waals surface area contributed by atoms with Gasteiger partial charge in [-0.2, -0.15) is 0 Å². The van der Waals surface area contributed by atoms with E-state index in [1.165, 1.54) is 0 Å². The molecule has 0 saturated carbocycles. The van der Waals surface area contributed by atoms with Crippen LogP contribution in [-0.2, 0) is 6.54 Å². The van der Waals surface area contributed by atoms with Crippen LogP contribution in [0.15, 0.2) is 36.5 Å². The fraction of sp³-hybridized carbons (Fsp3) is 0.414. The summed E-state index contributed by atoms with van der Waals surface area (Å²) < 4.78 is 61.8. The normalized spacial score (nSPS) is 16.2. The molecule has 0 radical (unpaired) electrons. The molecular weight excluding hydrogens is 498 g/mol. The number of piperidine rings is 1. The quantitative estimate of drug-likeness (QED) is 0.316. The van der Waals surface area contributed by atoms with E-state index in [9.17, 15) is 18.3 Å². The van der Waals surface area contributed by atoms with Crippen molar-refractivity contribution in [2.45, 2.75) is 38.4 Å². The summed E-state index contributed by atoms with van der Waals surface area (Å²) in [7, 11) is 1.55. The van der Waals surface area contributed by atoms with E-state index in [1.807, 2.05) is 4.90 Å². The number of ether oxygens (including phenoxy) is 1. The highest BCUT2D eigenvalue weighted by molar-refractivity contribution is 5.85. The monoisotopic (exact) mass is 529 g/mol. The number of aromatic nitrogens is 1. The number of halogens is 4. The van der Waals surface area contributed by atoms with Crippen LogP contribution in [0.1, 0.15) is 48.5 Å². The highest BCUT2D eigenvalue weighted by atomic mass is 19.1. The summed E-state index contributed by atoms with van der Waals surface area (Å²) in [5, 5.41) is 10.9. The van der Waals surface area contributed by atoms with E-state index < -0.39 is 34.6 Å². The first-order valence-electron chi connectivity index (χ1n) is 12.6. The van der Waals surface area contributed by atoms with Crippen molar-refractivity contribution in [3.05, 3.63) is 70.7 Å². The summed E-state index contributed by atoms with van der Waals surface area (Å²) in [6.07, 6.45) is 2.28. The summed E-state index contributed by atoms with van der Waals surface area (Å²) in [6.45, 7) is 1.56. The van der Waals surface area contributed by atoms with Crippen LogP contribution in [-0.4, -0.2) is 48.3 Å². The zero-order valence-electron chi connectivity index (χ0n) is 21.2. The van der Waals surface area contributed by atoms with Crippen molar-refractivity contribution >= 4 is 10.9 Å². The fourth-order valence-electron chi connectivity index (χ4n) is 5.04. The Morgan fingerprint density at radius 3 is 2.50 bits per heavy atom. The number of nitrogens with zero attached hydrogens (tertiary/aromatic N) is 2. The van der Waals surface area contributed by atoms with Crippen LogP contribution in [0.5, 0.6) is 5.75 Å². The largest absolute Gasteiger partial charge is 0.497 e. The Bertz CT molecular complexity index is 1320. The number of hydrogen-bond acceptors (Lipinski definition) is 5. The molecule has 0 aliphatic carbocycles. The lowest BCUT2D eigenvalue weighted by Crippen LogP contribution is -2.42. The lowest BCUT2D eigenvalue weighted by molar-refractivity contribution is 0.0344. The van der Waals surface area contributed by atoms with Gasteiger partial charge in [-0.05, 0) is 68.0 Å². The molecule has 1 aromatic heterocycles. The molecule has 0 bridgehead atoms. The number of nitrogens with two attached hydrogens (primary N) is 1. The summed E-state index contributed by atoms with van der Waals surface area (Å²) >= 11 is 0. The topological polar surface area (TPSA) is 71.6 Å². The Hall–Kier alpha value is -3.19. The summed E-state index contributed by atoms with van der Waals surface area (Å²) in [4.78, 5) is 6.41. The first kappa shape index (κ1) is 27.8. The van der Waals surface area contributed by atoms with Crippen LogP contribution in [0.2, 0.25) is 0 Å². The van der Waals surface area contributed by atoms with Crippen molar-refractivity contribution in [2.75, 3.05) is 33.4 Å². The third kappa shape index (κ3) is 6.09. The van der Waals surface area contributed by atoms with Crippen LogP contribution >= 0.6 is 0 Å². The highest BCUT2D eigenvalue weighted by Crippen LogP contribution is 2.41. The van der Waals surface area contributed by atoms with Gasteiger partial charge in [0.1, 0.15) is 29.4 Å². The van der Waals surface area contributed by atoms with E-state index >= 15 is 4.39 Å². The molecule has 1 saturated heterocycles. The van der Waals surface area contributed by atoms with Gasteiger partial charge in [-0.1, -0.05) is 11.8 Å². The Balaban J connectivity index is 1.40. The van der Waals surface area contributed by atoms with E-state index in [-0.39, 0.29) is 26.1 Å². The van der Waals surface area contributed by atoms with Crippen LogP contribution < -0.4 is 10.5 Å². The third-order valence-electron chi connectivity index (χ3n) is 7.44. The molecule has 38 heavy (non-hydrogen) atoms. The molecule has 0 amide bonds. The second-order valence-corrected chi connectivity index (χ2v) is 9.77. The number of hydrogen-bond donors (Lipinski definition) is 2. The van der Waals surface area contributed by atoms with Crippen LogP contribution in [0.4, 0.5) is 17.6 Å². The SMILES string of the molecule is COc1ccc2ncc(CN)c([C@@H](F)CCC3(CO)CCN(CC#Cc4c(F)cc(F)cc4F)CC3)c2c1. The minimum Gasteiger partial charge on any atom is -0.497 e. The lowest BCUT2D eigenvalue weighted by atomic mass is 9.74. The van der Waals surface area contributed by atoms with Gasteiger partial charge in [0.15, 0.2) is 0 Å². The van der Waals surface area contributed by atoms with E-state index in [4.69, 9.17) is 10.5 Å². The number of likely N-dealkylation sites (tertiary alicyclic amines) is 1. The van der Waals surface area contributed by atoms with Gasteiger partial charge in [0, 0.05) is 42.4 Å². The molecule has 1 aliphatic heterocycles. The molecule has 1 fully saturated rings. The number of aliphatic hydroxyl groups is 1. The number of aliphatic hydroxyl groups excluding tert-OH is 1. The molecule has 3 aromatic rings. The molecule has 1 aliphatic rings. The second kappa shape index (κ2) is 12.1. The van der Waals surface area contributed by atoms with E-state index in [0.717, 1.165) is 0 Å². The van der Waals surface area contributed by atoms with Gasteiger partial charge in [0.2, 0.25) is 0 Å². The van der Waals surface area contributed by atoms with E-state index in [2.05, 4.69) is 16.8 Å². The molecular formula is C29H31F4N3O2. The van der Waals surface area contributed by atoms with Gasteiger partial charge in [-0.3, -0.25) is 9.88 Å². The average molecular weight is 530 g/mol. The zero-order chi connectivity index (χ0) is 27.3. The minimum absolute atomic E-state index is 0.0695. The molecule has 9 heteroatoms.